The predicted octanol–water partition coefficient (Wildman–Crippen LogP) is 3.22. The summed E-state index contributed by atoms with van der Waals surface area (Å²) < 4.78 is 5.65. The molecule has 1 aromatic rings. The Morgan fingerprint density at radius 1 is 1.40 bits per heavy atom. The van der Waals surface area contributed by atoms with Crippen molar-refractivity contribution in [3.63, 3.8) is 0 Å². The lowest BCUT2D eigenvalue weighted by molar-refractivity contribution is -0.147. The third-order valence-corrected chi connectivity index (χ3v) is 4.06. The maximum absolute atomic E-state index is 12.3. The SMILES string of the molecule is CCCC(C)(NC(=O)c1ccc(C)c(Br)c1)C(=O)OC. The number of aryl methyl sites for hydroxylation is 1. The van der Waals surface area contributed by atoms with Gasteiger partial charge in [0.1, 0.15) is 5.54 Å². The standard InChI is InChI=1S/C15H20BrNO3/c1-5-8-15(3,14(19)20-4)17-13(18)11-7-6-10(2)12(16)9-11/h6-7,9H,5,8H2,1-4H3,(H,17,18). The highest BCUT2D eigenvalue weighted by molar-refractivity contribution is 9.10. The number of ether oxygens (including phenoxy) is 1. The molecule has 0 radical (unpaired) electrons. The molecular weight excluding hydrogens is 322 g/mol. The van der Waals surface area contributed by atoms with Crippen molar-refractivity contribution in [1.82, 2.24) is 5.32 Å². The van der Waals surface area contributed by atoms with E-state index in [9.17, 15) is 9.59 Å². The third-order valence-electron chi connectivity index (χ3n) is 3.21. The van der Waals surface area contributed by atoms with E-state index in [0.29, 0.717) is 12.0 Å². The number of nitrogens with one attached hydrogen (secondary N) is 1. The second kappa shape index (κ2) is 6.88. The number of rotatable bonds is 5. The molecular formula is C15H20BrNO3. The first-order valence-electron chi connectivity index (χ1n) is 6.51. The summed E-state index contributed by atoms with van der Waals surface area (Å²) in [5, 5.41) is 2.77. The second-order valence-electron chi connectivity index (χ2n) is 4.99. The predicted molar refractivity (Wildman–Crippen MR) is 81.7 cm³/mol. The molecule has 1 atom stereocenters. The average molecular weight is 342 g/mol. The van der Waals surface area contributed by atoms with E-state index in [1.165, 1.54) is 7.11 Å². The lowest BCUT2D eigenvalue weighted by atomic mass is 9.95. The Bertz CT molecular complexity index is 516. The minimum Gasteiger partial charge on any atom is -0.467 e. The van der Waals surface area contributed by atoms with E-state index in [2.05, 4.69) is 21.2 Å². The van der Waals surface area contributed by atoms with Crippen LogP contribution in [-0.4, -0.2) is 24.5 Å². The Labute approximate surface area is 128 Å². The quantitative estimate of drug-likeness (QED) is 0.836. The number of carbonyl (C=O) groups excluding carboxylic acids is 2. The molecule has 20 heavy (non-hydrogen) atoms. The molecule has 1 N–H and O–H groups in total. The van der Waals surface area contributed by atoms with Crippen LogP contribution < -0.4 is 5.32 Å². The normalized spacial score (nSPS) is 13.4. The highest BCUT2D eigenvalue weighted by atomic mass is 79.9. The first-order valence-corrected chi connectivity index (χ1v) is 7.30. The highest BCUT2D eigenvalue weighted by Crippen LogP contribution is 2.19. The lowest BCUT2D eigenvalue weighted by Crippen LogP contribution is -2.52. The molecule has 4 nitrogen and oxygen atoms in total. The number of hydrogen-bond donors (Lipinski definition) is 1. The number of methoxy groups -OCH3 is 1. The summed E-state index contributed by atoms with van der Waals surface area (Å²) >= 11 is 3.40. The van der Waals surface area contributed by atoms with Crippen LogP contribution >= 0.6 is 15.9 Å². The van der Waals surface area contributed by atoms with E-state index >= 15 is 0 Å². The van der Waals surface area contributed by atoms with Crippen molar-refractivity contribution in [2.45, 2.75) is 39.2 Å². The van der Waals surface area contributed by atoms with E-state index in [0.717, 1.165) is 16.5 Å². The van der Waals surface area contributed by atoms with E-state index in [4.69, 9.17) is 4.74 Å². The molecule has 5 heteroatoms. The summed E-state index contributed by atoms with van der Waals surface area (Å²) in [4.78, 5) is 24.1. The molecule has 0 aliphatic carbocycles. The van der Waals surface area contributed by atoms with Crippen LogP contribution in [0, 0.1) is 6.92 Å². The van der Waals surface area contributed by atoms with Crippen LogP contribution in [0.4, 0.5) is 0 Å². The zero-order valence-electron chi connectivity index (χ0n) is 12.2. The summed E-state index contributed by atoms with van der Waals surface area (Å²) in [5.41, 5.74) is 0.553. The van der Waals surface area contributed by atoms with Crippen molar-refractivity contribution in [2.24, 2.45) is 0 Å². The smallest absolute Gasteiger partial charge is 0.331 e. The van der Waals surface area contributed by atoms with Gasteiger partial charge < -0.3 is 10.1 Å². The minimum atomic E-state index is -1.00. The topological polar surface area (TPSA) is 55.4 Å². The van der Waals surface area contributed by atoms with Crippen molar-refractivity contribution in [1.29, 1.82) is 0 Å². The molecule has 1 rings (SSSR count). The van der Waals surface area contributed by atoms with Gasteiger partial charge in [-0.3, -0.25) is 4.79 Å². The Balaban J connectivity index is 2.96. The molecule has 0 aliphatic rings. The van der Waals surface area contributed by atoms with Gasteiger partial charge in [0.05, 0.1) is 7.11 Å². The maximum atomic E-state index is 12.3. The van der Waals surface area contributed by atoms with Crippen LogP contribution in [0.3, 0.4) is 0 Å². The molecule has 0 bridgehead atoms. The first-order chi connectivity index (χ1) is 9.34. The van der Waals surface area contributed by atoms with Crippen molar-refractivity contribution < 1.29 is 14.3 Å². The fourth-order valence-electron chi connectivity index (χ4n) is 2.00. The molecule has 110 valence electrons. The molecule has 1 amide bonds. The van der Waals surface area contributed by atoms with Crippen molar-refractivity contribution in [3.05, 3.63) is 33.8 Å². The number of halogens is 1. The van der Waals surface area contributed by atoms with Crippen molar-refractivity contribution >= 4 is 27.8 Å². The van der Waals surface area contributed by atoms with Gasteiger partial charge in [-0.1, -0.05) is 35.3 Å². The zero-order chi connectivity index (χ0) is 15.3. The summed E-state index contributed by atoms with van der Waals surface area (Å²) in [6, 6.07) is 5.34. The molecule has 0 heterocycles. The Hall–Kier alpha value is -1.36. The molecule has 0 aliphatic heterocycles. The molecule has 0 fully saturated rings. The number of amides is 1. The van der Waals surface area contributed by atoms with Gasteiger partial charge in [0.2, 0.25) is 0 Å². The first kappa shape index (κ1) is 16.7. The van der Waals surface area contributed by atoms with E-state index in [1.54, 1.807) is 19.1 Å². The van der Waals surface area contributed by atoms with Gasteiger partial charge in [0.25, 0.3) is 5.91 Å². The fraction of sp³-hybridized carbons (Fsp3) is 0.467. The highest BCUT2D eigenvalue weighted by Gasteiger charge is 2.35. The molecule has 0 spiro atoms. The van der Waals surface area contributed by atoms with E-state index in [-0.39, 0.29) is 5.91 Å². The number of hydrogen-bond acceptors (Lipinski definition) is 3. The number of esters is 1. The van der Waals surface area contributed by atoms with Gasteiger partial charge in [0, 0.05) is 10.0 Å². The van der Waals surface area contributed by atoms with Crippen molar-refractivity contribution in [2.75, 3.05) is 7.11 Å². The fourth-order valence-corrected chi connectivity index (χ4v) is 2.38. The molecule has 1 unspecified atom stereocenters. The summed E-state index contributed by atoms with van der Waals surface area (Å²) in [6.45, 7) is 5.58. The molecule has 1 aromatic carbocycles. The molecule has 0 saturated heterocycles. The zero-order valence-corrected chi connectivity index (χ0v) is 13.8. The number of carbonyl (C=O) groups is 2. The van der Waals surface area contributed by atoms with Gasteiger partial charge in [-0.2, -0.15) is 0 Å². The van der Waals surface area contributed by atoms with Gasteiger partial charge in [-0.15, -0.1) is 0 Å². The summed E-state index contributed by atoms with van der Waals surface area (Å²) in [5.74, 6) is -0.717. The lowest BCUT2D eigenvalue weighted by Gasteiger charge is -2.27. The summed E-state index contributed by atoms with van der Waals surface area (Å²) in [6.07, 6.45) is 1.29. The van der Waals surface area contributed by atoms with Crippen LogP contribution in [0.25, 0.3) is 0 Å². The van der Waals surface area contributed by atoms with E-state index in [1.807, 2.05) is 19.9 Å². The van der Waals surface area contributed by atoms with Crippen LogP contribution in [0.2, 0.25) is 0 Å². The van der Waals surface area contributed by atoms with Crippen LogP contribution in [0.15, 0.2) is 22.7 Å². The Morgan fingerprint density at radius 2 is 2.05 bits per heavy atom. The Morgan fingerprint density at radius 3 is 2.55 bits per heavy atom. The second-order valence-corrected chi connectivity index (χ2v) is 5.85. The number of benzene rings is 1. The monoisotopic (exact) mass is 341 g/mol. The van der Waals surface area contributed by atoms with Gasteiger partial charge in [-0.05, 0) is 38.0 Å². The Kier molecular flexibility index (Phi) is 5.74. The van der Waals surface area contributed by atoms with Crippen LogP contribution in [0.5, 0.6) is 0 Å². The van der Waals surface area contributed by atoms with Crippen LogP contribution in [0.1, 0.15) is 42.6 Å². The molecule has 0 aromatic heterocycles. The summed E-state index contributed by atoms with van der Waals surface area (Å²) in [7, 11) is 1.32. The third kappa shape index (κ3) is 3.82. The molecule has 0 saturated carbocycles. The van der Waals surface area contributed by atoms with Gasteiger partial charge in [-0.25, -0.2) is 4.79 Å². The maximum Gasteiger partial charge on any atom is 0.331 e. The van der Waals surface area contributed by atoms with Gasteiger partial charge >= 0.3 is 5.97 Å². The largest absolute Gasteiger partial charge is 0.467 e. The van der Waals surface area contributed by atoms with Crippen LogP contribution in [-0.2, 0) is 9.53 Å². The average Bonchev–Trinajstić information content (AvgIpc) is 2.40. The minimum absolute atomic E-state index is 0.285. The van der Waals surface area contributed by atoms with Crippen molar-refractivity contribution in [3.8, 4) is 0 Å². The van der Waals surface area contributed by atoms with E-state index < -0.39 is 11.5 Å². The van der Waals surface area contributed by atoms with Gasteiger partial charge in [0.15, 0.2) is 0 Å².